The molecule has 0 amide bonds. The highest BCUT2D eigenvalue weighted by Crippen LogP contribution is 2.44. The van der Waals surface area contributed by atoms with Gasteiger partial charge < -0.3 is 0 Å². The zero-order valence-electron chi connectivity index (χ0n) is 13.6. The molecule has 2 nitrogen and oxygen atoms in total. The van der Waals surface area contributed by atoms with Crippen molar-refractivity contribution in [2.75, 3.05) is 0 Å². The molecule has 0 bridgehead atoms. The lowest BCUT2D eigenvalue weighted by molar-refractivity contribution is -0.133. The summed E-state index contributed by atoms with van der Waals surface area (Å²) < 4.78 is 0. The molecule has 1 saturated heterocycles. The number of fused-ring (bicyclic) bond motifs is 1. The molecular formula is C17H31NO. The van der Waals surface area contributed by atoms with E-state index in [4.69, 9.17) is 0 Å². The van der Waals surface area contributed by atoms with Crippen LogP contribution in [0.2, 0.25) is 0 Å². The third-order valence-corrected chi connectivity index (χ3v) is 4.90. The minimum atomic E-state index is -0.221. The molecule has 2 rings (SSSR count). The molecule has 1 aliphatic heterocycles. The van der Waals surface area contributed by atoms with Gasteiger partial charge in [-0.25, -0.2) is 0 Å². The van der Waals surface area contributed by atoms with E-state index >= 15 is 0 Å². The lowest BCUT2D eigenvalue weighted by Gasteiger charge is -2.43. The average molecular weight is 265 g/mol. The van der Waals surface area contributed by atoms with Crippen LogP contribution in [0.4, 0.5) is 0 Å². The van der Waals surface area contributed by atoms with E-state index in [0.717, 1.165) is 12.3 Å². The van der Waals surface area contributed by atoms with Gasteiger partial charge in [0.05, 0.1) is 6.04 Å². The Labute approximate surface area is 118 Å². The number of Topliss-reactive ketones (excluding diaryl/α,β-unsaturated/α-hetero) is 1. The molecule has 3 atom stereocenters. The molecule has 1 saturated carbocycles. The van der Waals surface area contributed by atoms with E-state index in [1.165, 1.54) is 25.7 Å². The van der Waals surface area contributed by atoms with E-state index in [1.54, 1.807) is 0 Å². The summed E-state index contributed by atoms with van der Waals surface area (Å²) in [6.07, 6.45) is 6.40. The Hall–Kier alpha value is -0.370. The second kappa shape index (κ2) is 4.87. The first-order chi connectivity index (χ1) is 8.62. The quantitative estimate of drug-likeness (QED) is 0.713. The molecular weight excluding hydrogens is 234 g/mol. The summed E-state index contributed by atoms with van der Waals surface area (Å²) in [7, 11) is 0. The Morgan fingerprint density at radius 3 is 2.11 bits per heavy atom. The van der Waals surface area contributed by atoms with E-state index in [-0.39, 0.29) is 17.0 Å². The second-order valence-electron chi connectivity index (χ2n) is 8.56. The number of carbonyl (C=O) groups excluding carboxylic acids is 1. The van der Waals surface area contributed by atoms with Gasteiger partial charge in [-0.1, -0.05) is 33.6 Å². The van der Waals surface area contributed by atoms with Crippen LogP contribution in [-0.4, -0.2) is 28.3 Å². The van der Waals surface area contributed by atoms with Crippen LogP contribution in [0.1, 0.15) is 73.6 Å². The van der Waals surface area contributed by atoms with Crippen LogP contribution in [0.3, 0.4) is 0 Å². The van der Waals surface area contributed by atoms with Gasteiger partial charge in [0.1, 0.15) is 0 Å². The molecule has 0 N–H and O–H groups in total. The molecule has 0 aromatic carbocycles. The number of likely N-dealkylation sites (tertiary alicyclic amines) is 1. The normalized spacial score (nSPS) is 33.3. The van der Waals surface area contributed by atoms with Crippen LogP contribution in [-0.2, 0) is 4.79 Å². The van der Waals surface area contributed by atoms with Crippen LogP contribution < -0.4 is 0 Å². The van der Waals surface area contributed by atoms with E-state index in [1.807, 2.05) is 0 Å². The second-order valence-corrected chi connectivity index (χ2v) is 8.56. The maximum atomic E-state index is 12.8. The fraction of sp³-hybridized carbons (Fsp3) is 0.941. The van der Waals surface area contributed by atoms with Crippen LogP contribution in [0.15, 0.2) is 0 Å². The smallest absolute Gasteiger partial charge is 0.155 e. The molecule has 2 heteroatoms. The van der Waals surface area contributed by atoms with Crippen molar-refractivity contribution in [2.24, 2.45) is 11.3 Å². The minimum absolute atomic E-state index is 0.0995. The molecule has 1 heterocycles. The number of hydrogen-bond acceptors (Lipinski definition) is 2. The first kappa shape index (κ1) is 15.0. The minimum Gasteiger partial charge on any atom is -0.297 e. The fourth-order valence-electron chi connectivity index (χ4n) is 4.16. The standard InChI is InChI=1S/C17H31NO/c1-16(2,3)15(19)14-11-12-9-7-8-10-13(12)18(14)17(4,5)6/h12-14H,7-11H2,1-6H3/t12-,13-,14+/m1/s1. The highest BCUT2D eigenvalue weighted by atomic mass is 16.1. The molecule has 19 heavy (non-hydrogen) atoms. The van der Waals surface area contributed by atoms with E-state index < -0.39 is 0 Å². The van der Waals surface area contributed by atoms with Crippen molar-refractivity contribution in [1.82, 2.24) is 4.90 Å². The number of hydrogen-bond donors (Lipinski definition) is 0. The predicted molar refractivity (Wildman–Crippen MR) is 80.2 cm³/mol. The van der Waals surface area contributed by atoms with Gasteiger partial charge in [-0.05, 0) is 46.0 Å². The summed E-state index contributed by atoms with van der Waals surface area (Å²) in [5.74, 6) is 1.20. The van der Waals surface area contributed by atoms with Gasteiger partial charge in [-0.3, -0.25) is 9.69 Å². The molecule has 1 aliphatic carbocycles. The Bertz CT molecular complexity index is 347. The summed E-state index contributed by atoms with van der Waals surface area (Å²) in [4.78, 5) is 15.4. The van der Waals surface area contributed by atoms with Crippen molar-refractivity contribution >= 4 is 5.78 Å². The van der Waals surface area contributed by atoms with Gasteiger partial charge >= 0.3 is 0 Å². The fourth-order valence-corrected chi connectivity index (χ4v) is 4.16. The molecule has 0 aromatic heterocycles. The van der Waals surface area contributed by atoms with Crippen LogP contribution in [0, 0.1) is 11.3 Å². The third-order valence-electron chi connectivity index (χ3n) is 4.90. The molecule has 0 aromatic rings. The maximum Gasteiger partial charge on any atom is 0.155 e. The van der Waals surface area contributed by atoms with Gasteiger partial charge in [-0.15, -0.1) is 0 Å². The van der Waals surface area contributed by atoms with Gasteiger partial charge in [0, 0.05) is 17.0 Å². The lowest BCUT2D eigenvalue weighted by atomic mass is 9.82. The van der Waals surface area contributed by atoms with E-state index in [9.17, 15) is 4.79 Å². The zero-order chi connectivity index (χ0) is 14.4. The SMILES string of the molecule is CC(C)(C)C(=O)[C@@H]1C[C@H]2CCCC[C@H]2N1C(C)(C)C. The summed E-state index contributed by atoms with van der Waals surface area (Å²) in [6, 6.07) is 0.790. The molecule has 0 spiro atoms. The van der Waals surface area contributed by atoms with Crippen molar-refractivity contribution in [3.63, 3.8) is 0 Å². The summed E-state index contributed by atoms with van der Waals surface area (Å²) in [5, 5.41) is 0. The maximum absolute atomic E-state index is 12.8. The topological polar surface area (TPSA) is 20.3 Å². The number of carbonyl (C=O) groups is 1. The van der Waals surface area contributed by atoms with Gasteiger partial charge in [0.15, 0.2) is 5.78 Å². The third kappa shape index (κ3) is 2.89. The van der Waals surface area contributed by atoms with Gasteiger partial charge in [0.2, 0.25) is 0 Å². The first-order valence-corrected chi connectivity index (χ1v) is 7.95. The van der Waals surface area contributed by atoms with Gasteiger partial charge in [0.25, 0.3) is 0 Å². The largest absolute Gasteiger partial charge is 0.297 e. The molecule has 0 radical (unpaired) electrons. The molecule has 2 fully saturated rings. The predicted octanol–water partition coefficient (Wildman–Crippen LogP) is 4.03. The van der Waals surface area contributed by atoms with Crippen LogP contribution in [0.5, 0.6) is 0 Å². The van der Waals surface area contributed by atoms with E-state index in [2.05, 4.69) is 46.4 Å². The van der Waals surface area contributed by atoms with Crippen molar-refractivity contribution in [3.05, 3.63) is 0 Å². The highest BCUT2D eigenvalue weighted by molar-refractivity contribution is 5.89. The van der Waals surface area contributed by atoms with Gasteiger partial charge in [-0.2, -0.15) is 0 Å². The monoisotopic (exact) mass is 265 g/mol. The molecule has 110 valence electrons. The summed E-state index contributed by atoms with van der Waals surface area (Å²) >= 11 is 0. The number of nitrogens with zero attached hydrogens (tertiary/aromatic N) is 1. The van der Waals surface area contributed by atoms with Crippen molar-refractivity contribution < 1.29 is 4.79 Å². The lowest BCUT2D eigenvalue weighted by Crippen LogP contribution is -2.54. The molecule has 2 aliphatic rings. The van der Waals surface area contributed by atoms with Crippen molar-refractivity contribution in [1.29, 1.82) is 0 Å². The zero-order valence-corrected chi connectivity index (χ0v) is 13.6. The Morgan fingerprint density at radius 1 is 1.00 bits per heavy atom. The Kier molecular flexibility index (Phi) is 3.85. The molecule has 0 unspecified atom stereocenters. The highest BCUT2D eigenvalue weighted by Gasteiger charge is 2.50. The first-order valence-electron chi connectivity index (χ1n) is 7.95. The summed E-state index contributed by atoms with van der Waals surface area (Å²) in [5.41, 5.74) is -0.121. The average Bonchev–Trinajstić information content (AvgIpc) is 2.64. The van der Waals surface area contributed by atoms with Crippen LogP contribution >= 0.6 is 0 Å². The number of rotatable bonds is 1. The van der Waals surface area contributed by atoms with Crippen LogP contribution in [0.25, 0.3) is 0 Å². The Balaban J connectivity index is 2.29. The Morgan fingerprint density at radius 2 is 1.58 bits per heavy atom. The van der Waals surface area contributed by atoms with Crippen molar-refractivity contribution in [2.45, 2.75) is 91.3 Å². The van der Waals surface area contributed by atoms with Crippen molar-refractivity contribution in [3.8, 4) is 0 Å². The summed E-state index contributed by atoms with van der Waals surface area (Å²) in [6.45, 7) is 13.0. The number of ketones is 1. The van der Waals surface area contributed by atoms with E-state index in [0.29, 0.717) is 11.8 Å².